The zero-order valence-electron chi connectivity index (χ0n) is 15.9. The molecule has 3 aromatic heterocycles. The second-order valence-electron chi connectivity index (χ2n) is 7.86. The number of nitrogens with one attached hydrogen (secondary N) is 1. The first-order valence-corrected chi connectivity index (χ1v) is 12.2. The molecule has 0 radical (unpaired) electrons. The third-order valence-electron chi connectivity index (χ3n) is 5.85. The van der Waals surface area contributed by atoms with Gasteiger partial charge in [0.05, 0.1) is 28.9 Å². The van der Waals surface area contributed by atoms with Crippen LogP contribution in [0.4, 0.5) is 5.82 Å². The molecule has 0 aromatic carbocycles. The Labute approximate surface area is 171 Å². The van der Waals surface area contributed by atoms with Gasteiger partial charge in [0.15, 0.2) is 15.5 Å². The lowest BCUT2D eigenvalue weighted by atomic mass is 9.89. The lowest BCUT2D eigenvalue weighted by Crippen LogP contribution is -2.38. The Bertz CT molecular complexity index is 1190. The molecule has 4 N–H and O–H groups in total. The number of fused-ring (bicyclic) bond motifs is 3. The smallest absolute Gasteiger partial charge is 0.180 e. The van der Waals surface area contributed by atoms with E-state index in [0.717, 1.165) is 36.1 Å². The Kier molecular flexibility index (Phi) is 4.39. The average Bonchev–Trinajstić information content (AvgIpc) is 3.38. The third kappa shape index (κ3) is 3.12. The number of hydrogen-bond donors (Lipinski definition) is 3. The average molecular weight is 435 g/mol. The molecule has 154 valence electrons. The normalized spacial score (nSPS) is 24.4. The number of thiazole rings is 1. The second-order valence-corrected chi connectivity index (χ2v) is 10.9. The number of aromatic nitrogens is 4. The van der Waals surface area contributed by atoms with E-state index in [2.05, 4.69) is 15.4 Å². The van der Waals surface area contributed by atoms with Crippen LogP contribution < -0.4 is 11.1 Å². The van der Waals surface area contributed by atoms with E-state index in [4.69, 9.17) is 10.7 Å². The second kappa shape index (κ2) is 6.73. The van der Waals surface area contributed by atoms with Crippen LogP contribution in [-0.2, 0) is 16.4 Å². The van der Waals surface area contributed by atoms with Gasteiger partial charge in [0.2, 0.25) is 0 Å². The Morgan fingerprint density at radius 3 is 2.66 bits per heavy atom. The molecule has 5 heterocycles. The summed E-state index contributed by atoms with van der Waals surface area (Å²) in [6.07, 6.45) is 8.37. The minimum atomic E-state index is -3.59. The van der Waals surface area contributed by atoms with Gasteiger partial charge in [-0.1, -0.05) is 0 Å². The van der Waals surface area contributed by atoms with Crippen LogP contribution in [0.1, 0.15) is 42.3 Å². The number of aliphatic hydroxyl groups is 1. The minimum absolute atomic E-state index is 0.0305. The van der Waals surface area contributed by atoms with Crippen molar-refractivity contribution < 1.29 is 13.5 Å². The molecule has 11 heteroatoms. The first-order chi connectivity index (χ1) is 13.8. The Balaban J connectivity index is 1.72. The lowest BCUT2D eigenvalue weighted by Gasteiger charge is -2.30. The highest BCUT2D eigenvalue weighted by molar-refractivity contribution is 7.91. The molecule has 0 aliphatic carbocycles. The van der Waals surface area contributed by atoms with Gasteiger partial charge >= 0.3 is 0 Å². The molecule has 2 saturated heterocycles. The maximum atomic E-state index is 12.6. The largest absolute Gasteiger partial charge is 0.389 e. The molecule has 0 amide bonds. The van der Waals surface area contributed by atoms with Crippen molar-refractivity contribution >= 4 is 32.6 Å². The molecule has 3 aromatic rings. The highest BCUT2D eigenvalue weighted by Crippen LogP contribution is 2.41. The first kappa shape index (κ1) is 18.9. The number of nitrogens with zero attached hydrogens (tertiary/aromatic N) is 4. The van der Waals surface area contributed by atoms with Crippen molar-refractivity contribution in [2.75, 3.05) is 12.0 Å². The van der Waals surface area contributed by atoms with Crippen LogP contribution >= 0.6 is 11.3 Å². The summed E-state index contributed by atoms with van der Waals surface area (Å²) >= 11 is 1.35. The summed E-state index contributed by atoms with van der Waals surface area (Å²) < 4.78 is 26.7. The number of sulfone groups is 1. The van der Waals surface area contributed by atoms with Crippen molar-refractivity contribution in [2.45, 2.75) is 55.2 Å². The summed E-state index contributed by atoms with van der Waals surface area (Å²) in [7, 11) is -3.59. The Morgan fingerprint density at radius 2 is 2.03 bits per heavy atom. The molecule has 2 fully saturated rings. The van der Waals surface area contributed by atoms with Gasteiger partial charge in [-0.3, -0.25) is 0 Å². The minimum Gasteiger partial charge on any atom is -0.389 e. The van der Waals surface area contributed by atoms with Crippen molar-refractivity contribution in [3.05, 3.63) is 23.1 Å². The van der Waals surface area contributed by atoms with E-state index in [1.807, 2.05) is 0 Å². The van der Waals surface area contributed by atoms with E-state index in [1.165, 1.54) is 22.1 Å². The molecule has 2 aliphatic rings. The van der Waals surface area contributed by atoms with Gasteiger partial charge in [0, 0.05) is 30.5 Å². The molecule has 3 atom stereocenters. The predicted octanol–water partition coefficient (Wildman–Crippen LogP) is 1.33. The predicted molar refractivity (Wildman–Crippen MR) is 109 cm³/mol. The van der Waals surface area contributed by atoms with E-state index < -0.39 is 9.84 Å². The summed E-state index contributed by atoms with van der Waals surface area (Å²) in [5.74, 6) is 0.125. The van der Waals surface area contributed by atoms with E-state index >= 15 is 0 Å². The highest BCUT2D eigenvalue weighted by atomic mass is 32.2. The maximum Gasteiger partial charge on any atom is 0.180 e. The number of rotatable bonds is 4. The topological polar surface area (TPSA) is 136 Å². The van der Waals surface area contributed by atoms with Gasteiger partial charge in [-0.25, -0.2) is 18.4 Å². The van der Waals surface area contributed by atoms with Gasteiger partial charge in [-0.05, 0) is 25.7 Å². The van der Waals surface area contributed by atoms with Crippen LogP contribution in [0.2, 0.25) is 0 Å². The van der Waals surface area contributed by atoms with Crippen LogP contribution in [0, 0.1) is 0 Å². The summed E-state index contributed by atoms with van der Waals surface area (Å²) in [5.41, 5.74) is 8.13. The summed E-state index contributed by atoms with van der Waals surface area (Å²) in [4.78, 5) is 9.90. The molecule has 2 bridgehead atoms. The highest BCUT2D eigenvalue weighted by Gasteiger charge is 2.38. The number of nitrogens with two attached hydrogens (primary N) is 1. The molecular formula is C18H22N6O3S2. The summed E-state index contributed by atoms with van der Waals surface area (Å²) in [5, 5.41) is 17.8. The summed E-state index contributed by atoms with van der Waals surface area (Å²) in [6.45, 7) is -0.138. The van der Waals surface area contributed by atoms with Gasteiger partial charge < -0.3 is 16.2 Å². The lowest BCUT2D eigenvalue weighted by molar-refractivity contribution is 0.281. The molecular weight excluding hydrogens is 412 g/mol. The van der Waals surface area contributed by atoms with Gasteiger partial charge in [-0.15, -0.1) is 11.3 Å². The number of nitrogen functional groups attached to an aromatic ring is 1. The van der Waals surface area contributed by atoms with Crippen LogP contribution in [0.5, 0.6) is 0 Å². The maximum absolute atomic E-state index is 12.6. The number of anilines is 1. The van der Waals surface area contributed by atoms with Gasteiger partial charge in [0.25, 0.3) is 0 Å². The molecule has 2 aliphatic heterocycles. The van der Waals surface area contributed by atoms with Crippen molar-refractivity contribution in [3.63, 3.8) is 0 Å². The monoisotopic (exact) mass is 434 g/mol. The number of piperidine rings is 1. The third-order valence-corrected chi connectivity index (χ3v) is 8.02. The van der Waals surface area contributed by atoms with Crippen molar-refractivity contribution in [2.24, 2.45) is 0 Å². The van der Waals surface area contributed by atoms with Crippen molar-refractivity contribution in [1.82, 2.24) is 24.9 Å². The van der Waals surface area contributed by atoms with Crippen LogP contribution in [0.25, 0.3) is 16.1 Å². The quantitative estimate of drug-likeness (QED) is 0.560. The van der Waals surface area contributed by atoms with Gasteiger partial charge in [-0.2, -0.15) is 9.61 Å². The van der Waals surface area contributed by atoms with E-state index in [-0.39, 0.29) is 23.2 Å². The SMILES string of the molecule is CS(=O)(=O)c1c([C@H]2C[C@H]3CC[C@@H](C2)N3)nc2c(-c3cnc(CO)s3)cnn2c1N. The van der Waals surface area contributed by atoms with E-state index in [0.29, 0.717) is 28.4 Å². The molecule has 29 heavy (non-hydrogen) atoms. The van der Waals surface area contributed by atoms with Crippen LogP contribution in [0.3, 0.4) is 0 Å². The van der Waals surface area contributed by atoms with Crippen LogP contribution in [0.15, 0.2) is 17.3 Å². The van der Waals surface area contributed by atoms with Crippen LogP contribution in [-0.4, -0.2) is 51.4 Å². The van der Waals surface area contributed by atoms with Gasteiger partial charge in [0.1, 0.15) is 15.7 Å². The first-order valence-electron chi connectivity index (χ1n) is 9.54. The Morgan fingerprint density at radius 1 is 1.31 bits per heavy atom. The molecule has 9 nitrogen and oxygen atoms in total. The molecule has 5 rings (SSSR count). The fourth-order valence-electron chi connectivity index (χ4n) is 4.64. The number of aliphatic hydroxyl groups excluding tert-OH is 1. The van der Waals surface area contributed by atoms with Crippen molar-refractivity contribution in [3.8, 4) is 10.4 Å². The standard InChI is InChI=1S/C18H22N6O3S2/c1-29(26,27)16-15(9-4-10-2-3-11(5-9)22-10)23-18-12(6-21-24(18)17(16)19)13-7-20-14(8-25)28-13/h6-7,9-11,22,25H,2-5,8,19H2,1H3/t9-,10+,11-. The number of hydrogen-bond acceptors (Lipinski definition) is 9. The van der Waals surface area contributed by atoms with E-state index in [1.54, 1.807) is 12.4 Å². The van der Waals surface area contributed by atoms with E-state index in [9.17, 15) is 13.5 Å². The molecule has 0 saturated carbocycles. The zero-order valence-corrected chi connectivity index (χ0v) is 17.5. The fraction of sp³-hybridized carbons (Fsp3) is 0.500. The van der Waals surface area contributed by atoms with Crippen molar-refractivity contribution in [1.29, 1.82) is 0 Å². The fourth-order valence-corrected chi connectivity index (χ4v) is 6.48. The zero-order chi connectivity index (χ0) is 20.3. The Hall–Kier alpha value is -2.08. The molecule has 0 unspecified atom stereocenters. The molecule has 0 spiro atoms. The summed E-state index contributed by atoms with van der Waals surface area (Å²) in [6, 6.07) is 0.784.